The number of hydrogen-bond donors (Lipinski definition) is 2. The SMILES string of the molecule is CN=C(NCc1cccc(OCC(F)F)c1)NC1CCS(=O)(=O)C1.I. The summed E-state index contributed by atoms with van der Waals surface area (Å²) < 4.78 is 52.3. The molecule has 1 atom stereocenters. The first kappa shape index (κ1) is 21.9. The molecule has 25 heavy (non-hydrogen) atoms. The number of benzene rings is 1. The van der Waals surface area contributed by atoms with Crippen LogP contribution in [0.4, 0.5) is 8.78 Å². The maximum atomic E-state index is 12.2. The maximum Gasteiger partial charge on any atom is 0.272 e. The summed E-state index contributed by atoms with van der Waals surface area (Å²) in [5.41, 5.74) is 0.837. The lowest BCUT2D eigenvalue weighted by Crippen LogP contribution is -2.43. The molecule has 2 rings (SSSR count). The third kappa shape index (κ3) is 7.72. The molecule has 1 fully saturated rings. The van der Waals surface area contributed by atoms with Crippen LogP contribution in [-0.2, 0) is 16.4 Å². The maximum absolute atomic E-state index is 12.2. The first-order chi connectivity index (χ1) is 11.4. The molecule has 1 heterocycles. The number of halogens is 3. The molecule has 1 aromatic carbocycles. The highest BCUT2D eigenvalue weighted by molar-refractivity contribution is 14.0. The van der Waals surface area contributed by atoms with Crippen molar-refractivity contribution >= 4 is 39.8 Å². The van der Waals surface area contributed by atoms with Gasteiger partial charge in [-0.1, -0.05) is 12.1 Å². The van der Waals surface area contributed by atoms with Gasteiger partial charge in [-0.3, -0.25) is 4.99 Å². The fraction of sp³-hybridized carbons (Fsp3) is 0.533. The summed E-state index contributed by atoms with van der Waals surface area (Å²) in [4.78, 5) is 4.07. The van der Waals surface area contributed by atoms with Crippen molar-refractivity contribution in [3.63, 3.8) is 0 Å². The predicted molar refractivity (Wildman–Crippen MR) is 104 cm³/mol. The number of rotatable bonds is 6. The van der Waals surface area contributed by atoms with E-state index in [0.717, 1.165) is 5.56 Å². The molecular weight excluding hydrogens is 467 g/mol. The van der Waals surface area contributed by atoms with E-state index in [1.807, 2.05) is 6.07 Å². The van der Waals surface area contributed by atoms with Gasteiger partial charge in [-0.2, -0.15) is 0 Å². The Bertz CT molecular complexity index is 686. The van der Waals surface area contributed by atoms with Crippen molar-refractivity contribution in [2.75, 3.05) is 25.2 Å². The molecule has 0 radical (unpaired) electrons. The van der Waals surface area contributed by atoms with Crippen LogP contribution >= 0.6 is 24.0 Å². The van der Waals surface area contributed by atoms with Crippen molar-refractivity contribution in [1.82, 2.24) is 10.6 Å². The Morgan fingerprint density at radius 2 is 2.20 bits per heavy atom. The molecule has 1 aliphatic heterocycles. The van der Waals surface area contributed by atoms with E-state index in [1.165, 1.54) is 0 Å². The van der Waals surface area contributed by atoms with Crippen LogP contribution in [0, 0.1) is 0 Å². The first-order valence-electron chi connectivity index (χ1n) is 7.55. The van der Waals surface area contributed by atoms with E-state index in [2.05, 4.69) is 15.6 Å². The lowest BCUT2D eigenvalue weighted by Gasteiger charge is -2.16. The number of nitrogens with one attached hydrogen (secondary N) is 2. The number of aliphatic imine (C=N–C) groups is 1. The zero-order valence-corrected chi connectivity index (χ0v) is 16.9. The highest BCUT2D eigenvalue weighted by Gasteiger charge is 2.28. The molecule has 0 amide bonds. The van der Waals surface area contributed by atoms with Crippen LogP contribution in [0.15, 0.2) is 29.3 Å². The summed E-state index contributed by atoms with van der Waals surface area (Å²) in [6.07, 6.45) is -1.96. The fourth-order valence-corrected chi connectivity index (χ4v) is 4.06. The smallest absolute Gasteiger partial charge is 0.272 e. The van der Waals surface area contributed by atoms with Crippen molar-refractivity contribution in [1.29, 1.82) is 0 Å². The summed E-state index contributed by atoms with van der Waals surface area (Å²) in [7, 11) is -1.36. The largest absolute Gasteiger partial charge is 0.488 e. The van der Waals surface area contributed by atoms with Crippen LogP contribution in [0.2, 0.25) is 0 Å². The molecule has 0 aliphatic carbocycles. The highest BCUT2D eigenvalue weighted by atomic mass is 127. The number of nitrogens with zero attached hydrogens (tertiary/aromatic N) is 1. The van der Waals surface area contributed by atoms with Gasteiger partial charge in [0, 0.05) is 19.6 Å². The van der Waals surface area contributed by atoms with Gasteiger partial charge in [-0.05, 0) is 24.1 Å². The van der Waals surface area contributed by atoms with Crippen LogP contribution in [0.1, 0.15) is 12.0 Å². The van der Waals surface area contributed by atoms with Crippen molar-refractivity contribution < 1.29 is 21.9 Å². The van der Waals surface area contributed by atoms with E-state index >= 15 is 0 Å². The Hall–Kier alpha value is -1.17. The Morgan fingerprint density at radius 1 is 1.44 bits per heavy atom. The average Bonchev–Trinajstić information content (AvgIpc) is 2.88. The van der Waals surface area contributed by atoms with Crippen molar-refractivity contribution in [3.8, 4) is 5.75 Å². The molecule has 1 unspecified atom stereocenters. The third-order valence-electron chi connectivity index (χ3n) is 3.53. The van der Waals surface area contributed by atoms with Gasteiger partial charge in [0.05, 0.1) is 11.5 Å². The van der Waals surface area contributed by atoms with E-state index < -0.39 is 22.9 Å². The molecule has 0 aromatic heterocycles. The van der Waals surface area contributed by atoms with Crippen molar-refractivity contribution in [2.24, 2.45) is 4.99 Å². The molecule has 0 saturated carbocycles. The number of sulfone groups is 1. The molecule has 2 N–H and O–H groups in total. The number of alkyl halides is 2. The van der Waals surface area contributed by atoms with Gasteiger partial charge in [-0.15, -0.1) is 24.0 Å². The fourth-order valence-electron chi connectivity index (χ4n) is 2.39. The number of ether oxygens (including phenoxy) is 1. The topological polar surface area (TPSA) is 79.8 Å². The quantitative estimate of drug-likeness (QED) is 0.362. The molecule has 1 aromatic rings. The molecule has 10 heteroatoms. The Kier molecular flexibility index (Phi) is 8.83. The van der Waals surface area contributed by atoms with Crippen molar-refractivity contribution in [2.45, 2.75) is 25.4 Å². The van der Waals surface area contributed by atoms with E-state index in [9.17, 15) is 17.2 Å². The molecule has 6 nitrogen and oxygen atoms in total. The van der Waals surface area contributed by atoms with Gasteiger partial charge in [0.15, 0.2) is 15.8 Å². The molecule has 0 bridgehead atoms. The van der Waals surface area contributed by atoms with Gasteiger partial charge in [-0.25, -0.2) is 17.2 Å². The summed E-state index contributed by atoms with van der Waals surface area (Å²) in [5.74, 6) is 1.16. The molecule has 1 saturated heterocycles. The predicted octanol–water partition coefficient (Wildman–Crippen LogP) is 1.80. The van der Waals surface area contributed by atoms with Crippen LogP contribution < -0.4 is 15.4 Å². The number of guanidine groups is 1. The number of hydrogen-bond acceptors (Lipinski definition) is 4. The van der Waals surface area contributed by atoms with Gasteiger partial charge < -0.3 is 15.4 Å². The molecular formula is C15H22F2IN3O3S. The van der Waals surface area contributed by atoms with Gasteiger partial charge in [0.2, 0.25) is 0 Å². The van der Waals surface area contributed by atoms with Crippen LogP contribution in [0.5, 0.6) is 5.75 Å². The lowest BCUT2D eigenvalue weighted by molar-refractivity contribution is 0.0818. The third-order valence-corrected chi connectivity index (χ3v) is 5.30. The Labute approximate surface area is 163 Å². The zero-order chi connectivity index (χ0) is 17.6. The summed E-state index contributed by atoms with van der Waals surface area (Å²) in [6, 6.07) is 6.68. The molecule has 1 aliphatic rings. The van der Waals surface area contributed by atoms with Gasteiger partial charge in [0.1, 0.15) is 12.4 Å². The van der Waals surface area contributed by atoms with E-state index in [4.69, 9.17) is 4.74 Å². The second kappa shape index (κ2) is 10.1. The highest BCUT2D eigenvalue weighted by Crippen LogP contribution is 2.14. The normalized spacial score (nSPS) is 19.4. The Balaban J connectivity index is 0.00000312. The zero-order valence-electron chi connectivity index (χ0n) is 13.7. The van der Waals surface area contributed by atoms with Crippen LogP contribution in [-0.4, -0.2) is 52.0 Å². The van der Waals surface area contributed by atoms with Gasteiger partial charge >= 0.3 is 0 Å². The minimum atomic E-state index is -2.96. The van der Waals surface area contributed by atoms with Crippen LogP contribution in [0.25, 0.3) is 0 Å². The summed E-state index contributed by atoms with van der Waals surface area (Å²) >= 11 is 0. The second-order valence-corrected chi connectivity index (χ2v) is 7.75. The van der Waals surface area contributed by atoms with E-state index in [0.29, 0.717) is 24.7 Å². The second-order valence-electron chi connectivity index (χ2n) is 5.52. The van der Waals surface area contributed by atoms with Crippen LogP contribution in [0.3, 0.4) is 0 Å². The summed E-state index contributed by atoms with van der Waals surface area (Å²) in [5, 5.41) is 6.15. The van der Waals surface area contributed by atoms with E-state index in [1.54, 1.807) is 25.2 Å². The monoisotopic (exact) mass is 489 g/mol. The lowest BCUT2D eigenvalue weighted by atomic mass is 10.2. The van der Waals surface area contributed by atoms with Gasteiger partial charge in [0.25, 0.3) is 6.43 Å². The standard InChI is InChI=1S/C15H21F2N3O3S.HI/c1-18-15(20-12-5-6-24(21,22)10-12)19-8-11-3-2-4-13(7-11)23-9-14(16)17;/h2-4,7,12,14H,5-6,8-10H2,1H3,(H2,18,19,20);1H. The van der Waals surface area contributed by atoms with E-state index in [-0.39, 0.29) is 41.5 Å². The Morgan fingerprint density at radius 3 is 2.80 bits per heavy atom. The minimum absolute atomic E-state index is 0. The van der Waals surface area contributed by atoms with Crippen molar-refractivity contribution in [3.05, 3.63) is 29.8 Å². The minimum Gasteiger partial charge on any atom is -0.488 e. The molecule has 142 valence electrons. The summed E-state index contributed by atoms with van der Waals surface area (Å²) in [6.45, 7) is -0.235. The molecule has 0 spiro atoms. The average molecular weight is 489 g/mol. The first-order valence-corrected chi connectivity index (χ1v) is 9.37.